The maximum atomic E-state index is 14.0. The number of primary amides is 1. The van der Waals surface area contributed by atoms with Crippen LogP contribution in [-0.4, -0.2) is 55.7 Å². The highest BCUT2D eigenvalue weighted by Crippen LogP contribution is 2.51. The monoisotopic (exact) mass is 561 g/mol. The Labute approximate surface area is 235 Å². The molecule has 41 heavy (non-hydrogen) atoms. The normalized spacial score (nSPS) is 27.5. The van der Waals surface area contributed by atoms with Gasteiger partial charge in [0, 0.05) is 36.8 Å². The number of nitrogens with one attached hydrogen (secondary N) is 1. The summed E-state index contributed by atoms with van der Waals surface area (Å²) in [6.45, 7) is 5.53. The molecule has 1 heterocycles. The van der Waals surface area contributed by atoms with Crippen molar-refractivity contribution in [3.05, 3.63) is 58.4 Å². The van der Waals surface area contributed by atoms with E-state index in [1.165, 1.54) is 6.20 Å². The Hall–Kier alpha value is -4.25. The van der Waals surface area contributed by atoms with Crippen LogP contribution in [0.25, 0.3) is 0 Å². The number of aliphatic hydroxyl groups is 1. The first-order valence-electron chi connectivity index (χ1n) is 13.4. The lowest BCUT2D eigenvalue weighted by Gasteiger charge is -2.48. The number of phenols is 1. The number of nitrogens with zero attached hydrogens (tertiary/aromatic N) is 1. The molecule has 11 nitrogen and oxygen atoms in total. The summed E-state index contributed by atoms with van der Waals surface area (Å²) in [6, 6.07) is 4.96. The van der Waals surface area contributed by atoms with Crippen LogP contribution in [0.5, 0.6) is 5.75 Å². The molecule has 1 aromatic carbocycles. The van der Waals surface area contributed by atoms with Gasteiger partial charge in [-0.05, 0) is 53.5 Å². The number of benzene rings is 1. The molecular formula is C30H31N3O8. The SMILES string of the molecule is CC(C)(C)c1cc(CNC(=O)c2cccnc2)c2c(c1O)C(=O)C1C(=O)[C@]3(O)C(=O)C(C(N)=O)C(=O)C[C@@H]3C[C@@H]1C2. The number of aromatic hydroxyl groups is 1. The Kier molecular flexibility index (Phi) is 6.68. The van der Waals surface area contributed by atoms with Crippen molar-refractivity contribution in [3.63, 3.8) is 0 Å². The molecule has 1 aromatic heterocycles. The molecule has 0 bridgehead atoms. The number of hydrogen-bond acceptors (Lipinski definition) is 9. The molecule has 11 heteroatoms. The van der Waals surface area contributed by atoms with Gasteiger partial charge in [-0.2, -0.15) is 0 Å². The molecule has 2 unspecified atom stereocenters. The largest absolute Gasteiger partial charge is 0.507 e. The average molecular weight is 562 g/mol. The molecule has 0 saturated heterocycles. The summed E-state index contributed by atoms with van der Waals surface area (Å²) in [5.41, 5.74) is 3.59. The van der Waals surface area contributed by atoms with E-state index in [1.54, 1.807) is 24.4 Å². The predicted molar refractivity (Wildman–Crippen MR) is 143 cm³/mol. The van der Waals surface area contributed by atoms with Gasteiger partial charge in [-0.3, -0.25) is 33.8 Å². The molecule has 2 saturated carbocycles. The Morgan fingerprint density at radius 1 is 1.15 bits per heavy atom. The highest BCUT2D eigenvalue weighted by Gasteiger charge is 2.66. The first kappa shape index (κ1) is 28.3. The minimum atomic E-state index is -2.71. The van der Waals surface area contributed by atoms with E-state index < -0.39 is 76.1 Å². The number of carbonyl (C=O) groups is 6. The van der Waals surface area contributed by atoms with E-state index in [4.69, 9.17) is 5.73 Å². The van der Waals surface area contributed by atoms with Gasteiger partial charge >= 0.3 is 0 Å². The summed E-state index contributed by atoms with van der Waals surface area (Å²) in [7, 11) is 0. The standard InChI is InChI=1S/C30H31N3O8/c1-29(2,3)18-9-15(12-33-28(40)13-5-4-6-32-11-13)17-8-14-7-16-10-19(34)22(27(31)39)26(38)30(16,41)25(37)20(14)24(36)21(17)23(18)35/h4-6,9,11,14,16,20,22,35,41H,7-8,10,12H2,1-3H3,(H2,31,39)(H,33,40)/t14-,16+,20?,22?,30+/m1/s1. The Morgan fingerprint density at radius 2 is 1.85 bits per heavy atom. The van der Waals surface area contributed by atoms with Gasteiger partial charge in [0.15, 0.2) is 34.7 Å². The van der Waals surface area contributed by atoms with Crippen molar-refractivity contribution < 1.29 is 39.0 Å². The lowest BCUT2D eigenvalue weighted by molar-refractivity contribution is -0.175. The zero-order valence-electron chi connectivity index (χ0n) is 22.9. The lowest BCUT2D eigenvalue weighted by atomic mass is 9.53. The van der Waals surface area contributed by atoms with Crippen LogP contribution in [0.2, 0.25) is 0 Å². The summed E-state index contributed by atoms with van der Waals surface area (Å²) in [4.78, 5) is 82.1. The number of phenolic OH excluding ortho intramolecular Hbond substituents is 1. The fraction of sp³-hybridized carbons (Fsp3) is 0.433. The Balaban J connectivity index is 1.57. The van der Waals surface area contributed by atoms with Crippen molar-refractivity contribution in [1.82, 2.24) is 10.3 Å². The fourth-order valence-electron chi connectivity index (χ4n) is 6.62. The van der Waals surface area contributed by atoms with E-state index in [0.717, 1.165) is 0 Å². The third kappa shape index (κ3) is 4.35. The van der Waals surface area contributed by atoms with Gasteiger partial charge in [-0.25, -0.2) is 0 Å². The number of fused-ring (bicyclic) bond motifs is 3. The number of Topliss-reactive ketones (excluding diaryl/α,β-unsaturated/α-hetero) is 4. The predicted octanol–water partition coefficient (Wildman–Crippen LogP) is 0.949. The van der Waals surface area contributed by atoms with Gasteiger partial charge in [0.25, 0.3) is 5.91 Å². The van der Waals surface area contributed by atoms with E-state index in [-0.39, 0.29) is 30.7 Å². The molecule has 5 rings (SSSR count). The van der Waals surface area contributed by atoms with Crippen molar-refractivity contribution in [2.24, 2.45) is 29.4 Å². The van der Waals surface area contributed by atoms with Crippen LogP contribution in [0.15, 0.2) is 30.6 Å². The quantitative estimate of drug-likeness (QED) is 0.393. The number of amides is 2. The molecule has 5 N–H and O–H groups in total. The van der Waals surface area contributed by atoms with Gasteiger partial charge in [0.2, 0.25) is 5.91 Å². The lowest BCUT2D eigenvalue weighted by Crippen LogP contribution is -2.68. The topological polar surface area (TPSA) is 194 Å². The number of carbonyl (C=O) groups excluding carboxylic acids is 6. The molecule has 2 fully saturated rings. The van der Waals surface area contributed by atoms with E-state index in [9.17, 15) is 39.0 Å². The number of aromatic nitrogens is 1. The molecule has 3 aliphatic rings. The smallest absolute Gasteiger partial charge is 0.253 e. The molecule has 0 aliphatic heterocycles. The second-order valence-corrected chi connectivity index (χ2v) is 12.2. The van der Waals surface area contributed by atoms with Crippen LogP contribution in [0.1, 0.15) is 71.0 Å². The number of hydrogen-bond donors (Lipinski definition) is 4. The molecule has 2 amide bonds. The maximum Gasteiger partial charge on any atom is 0.253 e. The number of ketones is 4. The van der Waals surface area contributed by atoms with Crippen molar-refractivity contribution in [2.45, 2.75) is 57.6 Å². The third-order valence-electron chi connectivity index (χ3n) is 8.67. The molecule has 0 spiro atoms. The van der Waals surface area contributed by atoms with Crippen molar-refractivity contribution >= 4 is 34.9 Å². The van der Waals surface area contributed by atoms with E-state index in [2.05, 4.69) is 10.3 Å². The molecule has 0 radical (unpaired) electrons. The zero-order valence-corrected chi connectivity index (χ0v) is 22.9. The van der Waals surface area contributed by atoms with Crippen LogP contribution in [-0.2, 0) is 37.6 Å². The van der Waals surface area contributed by atoms with Crippen molar-refractivity contribution in [3.8, 4) is 5.75 Å². The molecular weight excluding hydrogens is 530 g/mol. The van der Waals surface area contributed by atoms with Crippen LogP contribution in [0.3, 0.4) is 0 Å². The van der Waals surface area contributed by atoms with E-state index >= 15 is 0 Å². The second kappa shape index (κ2) is 9.69. The molecule has 2 aromatic rings. The fourth-order valence-corrected chi connectivity index (χ4v) is 6.62. The van der Waals surface area contributed by atoms with Gasteiger partial charge in [0.1, 0.15) is 5.75 Å². The summed E-state index contributed by atoms with van der Waals surface area (Å²) in [5, 5.41) is 25.6. The third-order valence-corrected chi connectivity index (χ3v) is 8.67. The maximum absolute atomic E-state index is 14.0. The highest BCUT2D eigenvalue weighted by molar-refractivity contribution is 6.31. The van der Waals surface area contributed by atoms with Crippen molar-refractivity contribution in [1.29, 1.82) is 0 Å². The van der Waals surface area contributed by atoms with Crippen LogP contribution < -0.4 is 11.1 Å². The summed E-state index contributed by atoms with van der Waals surface area (Å²) in [5.74, 6) is -11.1. The zero-order chi connectivity index (χ0) is 30.0. The van der Waals surface area contributed by atoms with Gasteiger partial charge < -0.3 is 21.3 Å². The Bertz CT molecular complexity index is 1530. The number of nitrogens with two attached hydrogens (primary N) is 1. The van der Waals surface area contributed by atoms with Crippen LogP contribution >= 0.6 is 0 Å². The number of rotatable bonds is 4. The van der Waals surface area contributed by atoms with E-state index in [0.29, 0.717) is 22.3 Å². The van der Waals surface area contributed by atoms with Gasteiger partial charge in [-0.1, -0.05) is 20.8 Å². The first-order chi connectivity index (χ1) is 19.2. The van der Waals surface area contributed by atoms with Crippen LogP contribution in [0, 0.1) is 23.7 Å². The molecule has 214 valence electrons. The van der Waals surface area contributed by atoms with Crippen molar-refractivity contribution in [2.75, 3.05) is 0 Å². The minimum absolute atomic E-state index is 0.00961. The van der Waals surface area contributed by atoms with E-state index in [1.807, 2.05) is 20.8 Å². The summed E-state index contributed by atoms with van der Waals surface area (Å²) >= 11 is 0. The minimum Gasteiger partial charge on any atom is -0.507 e. The Morgan fingerprint density at radius 3 is 2.46 bits per heavy atom. The van der Waals surface area contributed by atoms with Gasteiger partial charge in [-0.15, -0.1) is 0 Å². The highest BCUT2D eigenvalue weighted by atomic mass is 16.3. The number of pyridine rings is 1. The summed E-state index contributed by atoms with van der Waals surface area (Å²) in [6.07, 6.45) is 2.67. The second-order valence-electron chi connectivity index (χ2n) is 12.2. The summed E-state index contributed by atoms with van der Waals surface area (Å²) < 4.78 is 0. The van der Waals surface area contributed by atoms with Gasteiger partial charge in [0.05, 0.1) is 17.0 Å². The first-order valence-corrected chi connectivity index (χ1v) is 13.4. The average Bonchev–Trinajstić information content (AvgIpc) is 2.89. The molecule has 3 aliphatic carbocycles. The molecule has 5 atom stereocenters. The van der Waals surface area contributed by atoms with Crippen LogP contribution in [0.4, 0.5) is 0 Å².